The summed E-state index contributed by atoms with van der Waals surface area (Å²) in [5.74, 6) is 0. The highest BCUT2D eigenvalue weighted by atomic mass is 35.5. The van der Waals surface area contributed by atoms with Crippen LogP contribution in [0.2, 0.25) is 10.0 Å². The molecule has 170 valence electrons. The van der Waals surface area contributed by atoms with Gasteiger partial charge < -0.3 is 14.3 Å². The van der Waals surface area contributed by atoms with Crippen molar-refractivity contribution in [1.29, 1.82) is 0 Å². The lowest BCUT2D eigenvalue weighted by Gasteiger charge is -2.23. The number of fused-ring (bicyclic) bond motifs is 3. The molecule has 31 heavy (non-hydrogen) atoms. The van der Waals surface area contributed by atoms with Gasteiger partial charge in [0.05, 0.1) is 15.6 Å². The Bertz CT molecular complexity index is 971. The minimum Gasteiger partial charge on any atom is -0.346 e. The van der Waals surface area contributed by atoms with Crippen LogP contribution < -0.4 is 0 Å². The van der Waals surface area contributed by atoms with E-state index in [0.29, 0.717) is 16.5 Å². The number of carbonyl (C=O) groups is 1. The Morgan fingerprint density at radius 3 is 2.23 bits per heavy atom. The van der Waals surface area contributed by atoms with Crippen molar-refractivity contribution in [1.82, 2.24) is 19.4 Å². The molecule has 5 nitrogen and oxygen atoms in total. The fourth-order valence-electron chi connectivity index (χ4n) is 3.52. The second-order valence-electron chi connectivity index (χ2n) is 6.62. The molecule has 0 saturated heterocycles. The van der Waals surface area contributed by atoms with Crippen LogP contribution >= 0.6 is 23.2 Å². The van der Waals surface area contributed by atoms with Gasteiger partial charge >= 0.3 is 0 Å². The number of carbonyl (C=O) groups excluding carboxylic acids is 1. The van der Waals surface area contributed by atoms with Gasteiger partial charge in [0.15, 0.2) is 0 Å². The summed E-state index contributed by atoms with van der Waals surface area (Å²) in [6.07, 6.45) is 7.69. The van der Waals surface area contributed by atoms with E-state index in [0.717, 1.165) is 42.4 Å². The molecule has 0 bridgehead atoms. The minimum atomic E-state index is 0.560. The van der Waals surface area contributed by atoms with E-state index < -0.39 is 0 Å². The lowest BCUT2D eigenvalue weighted by atomic mass is 9.98. The normalized spacial score (nSPS) is 12.4. The molecule has 1 aliphatic heterocycles. The van der Waals surface area contributed by atoms with Gasteiger partial charge in [-0.25, -0.2) is 9.97 Å². The molecule has 2 aromatic heterocycles. The topological polar surface area (TPSA) is 51.0 Å². The van der Waals surface area contributed by atoms with Gasteiger partial charge in [0.2, 0.25) is 0 Å². The van der Waals surface area contributed by atoms with Gasteiger partial charge in [-0.3, -0.25) is 0 Å². The van der Waals surface area contributed by atoms with Crippen molar-refractivity contribution in [3.8, 4) is 11.1 Å². The van der Waals surface area contributed by atoms with Gasteiger partial charge in [-0.2, -0.15) is 0 Å². The van der Waals surface area contributed by atoms with E-state index in [2.05, 4.69) is 33.5 Å². The minimum absolute atomic E-state index is 0.560. The van der Waals surface area contributed by atoms with Crippen LogP contribution in [0.3, 0.4) is 0 Å². The van der Waals surface area contributed by atoms with Crippen molar-refractivity contribution >= 4 is 40.4 Å². The van der Waals surface area contributed by atoms with Gasteiger partial charge in [-0.1, -0.05) is 57.8 Å². The molecule has 1 aliphatic rings. The van der Waals surface area contributed by atoms with Gasteiger partial charge in [0.25, 0.3) is 0 Å². The van der Waals surface area contributed by atoms with Crippen LogP contribution in [0.25, 0.3) is 22.0 Å². The van der Waals surface area contributed by atoms with Crippen molar-refractivity contribution in [2.24, 2.45) is 7.05 Å². The summed E-state index contributed by atoms with van der Waals surface area (Å²) in [7, 11) is 4.21. The van der Waals surface area contributed by atoms with Gasteiger partial charge in [0, 0.05) is 62.0 Å². The predicted octanol–water partition coefficient (Wildman–Crippen LogP) is 6.58. The fourth-order valence-corrected chi connectivity index (χ4v) is 3.99. The number of hydrogen-bond acceptors (Lipinski definition) is 4. The molecular formula is C24H34Cl2N4O. The van der Waals surface area contributed by atoms with Crippen LogP contribution in [0.4, 0.5) is 0 Å². The predicted molar refractivity (Wildman–Crippen MR) is 133 cm³/mol. The van der Waals surface area contributed by atoms with Crippen LogP contribution in [0.5, 0.6) is 0 Å². The van der Waals surface area contributed by atoms with E-state index in [4.69, 9.17) is 23.2 Å². The largest absolute Gasteiger partial charge is 0.346 e. The first-order chi connectivity index (χ1) is 15.0. The number of aryl methyl sites for hydroxylation is 1. The SMILES string of the molecule is CC.CC.CCC=O.CN1CCc2c(c3c(-c4cncnc4)cc(Cl)c(Cl)c3n2C)C1. The molecule has 3 heterocycles. The lowest BCUT2D eigenvalue weighted by Crippen LogP contribution is -2.27. The molecule has 0 amide bonds. The summed E-state index contributed by atoms with van der Waals surface area (Å²) >= 11 is 13.0. The maximum Gasteiger partial charge on any atom is 0.119 e. The summed E-state index contributed by atoms with van der Waals surface area (Å²) < 4.78 is 2.19. The van der Waals surface area contributed by atoms with Gasteiger partial charge in [0.1, 0.15) is 12.6 Å². The monoisotopic (exact) mass is 464 g/mol. The molecule has 0 spiro atoms. The first kappa shape index (κ1) is 27.1. The van der Waals surface area contributed by atoms with Crippen molar-refractivity contribution in [3.63, 3.8) is 0 Å². The zero-order valence-electron chi connectivity index (χ0n) is 19.7. The number of halogens is 2. The molecular weight excluding hydrogens is 431 g/mol. The molecule has 7 heteroatoms. The van der Waals surface area contributed by atoms with E-state index in [1.54, 1.807) is 0 Å². The average molecular weight is 465 g/mol. The number of rotatable bonds is 2. The second kappa shape index (κ2) is 13.5. The summed E-state index contributed by atoms with van der Waals surface area (Å²) in [5.41, 5.74) is 5.66. The number of nitrogens with zero attached hydrogens (tertiary/aromatic N) is 4. The van der Waals surface area contributed by atoms with Crippen LogP contribution in [0.1, 0.15) is 52.3 Å². The molecule has 0 N–H and O–H groups in total. The Kier molecular flexibility index (Phi) is 11.8. The van der Waals surface area contributed by atoms with Gasteiger partial charge in [-0.05, 0) is 24.2 Å². The Morgan fingerprint density at radius 1 is 1.10 bits per heavy atom. The highest BCUT2D eigenvalue weighted by molar-refractivity contribution is 6.45. The zero-order valence-corrected chi connectivity index (χ0v) is 21.2. The highest BCUT2D eigenvalue weighted by Crippen LogP contribution is 2.43. The Hall–Kier alpha value is -1.95. The Balaban J connectivity index is 0.000000532. The molecule has 0 atom stereocenters. The van der Waals surface area contributed by atoms with Crippen molar-refractivity contribution in [3.05, 3.63) is 46.1 Å². The third-order valence-corrected chi connectivity index (χ3v) is 5.56. The van der Waals surface area contributed by atoms with E-state index in [-0.39, 0.29) is 0 Å². The summed E-state index contributed by atoms with van der Waals surface area (Å²) in [6, 6.07) is 1.93. The highest BCUT2D eigenvalue weighted by Gasteiger charge is 2.26. The van der Waals surface area contributed by atoms with E-state index >= 15 is 0 Å². The van der Waals surface area contributed by atoms with Crippen LogP contribution in [-0.4, -0.2) is 39.3 Å². The smallest absolute Gasteiger partial charge is 0.119 e. The molecule has 0 saturated carbocycles. The standard InChI is InChI=1S/C17H16Cl2N4.C3H6O.2C2H6/c1-22-4-3-14-12(8-22)15-11(10-6-20-9-21-7-10)5-13(18)16(19)17(15)23(14)2;1-2-3-4;2*1-2/h5-7,9H,3-4,8H2,1-2H3;3H,2H2,1H3;2*1-2H3. The first-order valence-electron chi connectivity index (χ1n) is 10.8. The van der Waals surface area contributed by atoms with Gasteiger partial charge in [-0.15, -0.1) is 0 Å². The number of hydrogen-bond donors (Lipinski definition) is 0. The van der Waals surface area contributed by atoms with Crippen molar-refractivity contribution in [2.45, 2.75) is 54.0 Å². The maximum atomic E-state index is 9.17. The molecule has 4 rings (SSSR count). The Labute approximate surface area is 196 Å². The third kappa shape index (κ3) is 6.06. The molecule has 3 aromatic rings. The van der Waals surface area contributed by atoms with E-state index in [9.17, 15) is 4.79 Å². The summed E-state index contributed by atoms with van der Waals surface area (Å²) in [6.45, 7) is 11.8. The average Bonchev–Trinajstić information content (AvgIpc) is 3.11. The molecule has 0 radical (unpaired) electrons. The molecule has 0 fully saturated rings. The summed E-state index contributed by atoms with van der Waals surface area (Å²) in [5, 5.41) is 2.34. The van der Waals surface area contributed by atoms with Crippen LogP contribution in [-0.2, 0) is 24.8 Å². The zero-order chi connectivity index (χ0) is 23.6. The second-order valence-corrected chi connectivity index (χ2v) is 7.40. The Morgan fingerprint density at radius 2 is 1.68 bits per heavy atom. The number of likely N-dealkylation sites (N-methyl/N-ethyl adjacent to an activating group) is 1. The number of benzene rings is 1. The maximum absolute atomic E-state index is 9.17. The summed E-state index contributed by atoms with van der Waals surface area (Å²) in [4.78, 5) is 19.8. The van der Waals surface area contributed by atoms with Crippen LogP contribution in [0.15, 0.2) is 24.8 Å². The first-order valence-corrected chi connectivity index (χ1v) is 11.6. The quantitative estimate of drug-likeness (QED) is 0.401. The van der Waals surface area contributed by atoms with Crippen LogP contribution in [0, 0.1) is 0 Å². The number of aldehydes is 1. The molecule has 0 unspecified atom stereocenters. The molecule has 1 aromatic carbocycles. The van der Waals surface area contributed by atoms with E-state index in [1.165, 1.54) is 23.0 Å². The molecule has 0 aliphatic carbocycles. The van der Waals surface area contributed by atoms with Crippen molar-refractivity contribution in [2.75, 3.05) is 13.6 Å². The lowest BCUT2D eigenvalue weighted by molar-refractivity contribution is -0.107. The van der Waals surface area contributed by atoms with E-state index in [1.807, 2.05) is 53.1 Å². The van der Waals surface area contributed by atoms with Crippen molar-refractivity contribution < 1.29 is 4.79 Å². The third-order valence-electron chi connectivity index (χ3n) is 4.78. The number of aromatic nitrogens is 3. The fraction of sp³-hybridized carbons (Fsp3) is 0.458.